The fourth-order valence-corrected chi connectivity index (χ4v) is 11.7. The van der Waals surface area contributed by atoms with Gasteiger partial charge in [-0.3, -0.25) is 91.1 Å². The number of para-hydroxylation sites is 1. The quantitative estimate of drug-likeness (QED) is 0.0224. The molecule has 14 atom stereocenters. The van der Waals surface area contributed by atoms with Crippen LogP contribution < -0.4 is 81.0 Å². The molecule has 0 saturated carbocycles. The first-order valence-corrected chi connectivity index (χ1v) is 37.4. The van der Waals surface area contributed by atoms with E-state index < -0.39 is 261 Å². The highest BCUT2D eigenvalue weighted by atomic mass is 16.5. The number of ether oxygens (including phenoxy) is 1. The van der Waals surface area contributed by atoms with Gasteiger partial charge in [-0.2, -0.15) is 0 Å². The molecule has 0 spiro atoms. The lowest BCUT2D eigenvalue weighted by atomic mass is 9.98. The highest BCUT2D eigenvalue weighted by Gasteiger charge is 2.41. The Balaban J connectivity index is 2.23. The molecule has 42 nitrogen and oxygen atoms in total. The van der Waals surface area contributed by atoms with Crippen LogP contribution in [-0.4, -0.2) is 248 Å². The second kappa shape index (κ2) is 48.8. The lowest BCUT2D eigenvalue weighted by molar-refractivity contribution is -0.159. The molecule has 3 rings (SSSR count). The third-order valence-corrected chi connectivity index (χ3v) is 18.6. The summed E-state index contributed by atoms with van der Waals surface area (Å²) in [6, 6.07) is -14.2. The maximum atomic E-state index is 14.9. The number of hydrogen-bond acceptors (Lipinski definition) is 22. The van der Waals surface area contributed by atoms with Gasteiger partial charge < -0.3 is 116 Å². The van der Waals surface area contributed by atoms with E-state index in [4.69, 9.17) is 21.9 Å². The van der Waals surface area contributed by atoms with Crippen molar-refractivity contribution in [1.29, 1.82) is 0 Å². The molecule has 0 bridgehead atoms. The number of nitrogens with two attached hydrogens (primary N) is 3. The van der Waals surface area contributed by atoms with E-state index in [-0.39, 0.29) is 45.1 Å². The summed E-state index contributed by atoms with van der Waals surface area (Å²) in [5.74, 6) is -27.1. The zero-order valence-electron chi connectivity index (χ0n) is 64.8. The molecular weight excluding hydrogens is 1500 g/mol. The second-order valence-corrected chi connectivity index (χ2v) is 28.0. The normalized spacial score (nSPS) is 21.7. The number of aromatic nitrogens is 1. The Morgan fingerprint density at radius 1 is 0.561 bits per heavy atom. The minimum absolute atomic E-state index is 0.00441. The zero-order chi connectivity index (χ0) is 85.6. The molecule has 632 valence electrons. The van der Waals surface area contributed by atoms with E-state index >= 15 is 0 Å². The number of fused-ring (bicyclic) bond motifs is 1. The van der Waals surface area contributed by atoms with Gasteiger partial charge in [-0.25, -0.2) is 4.79 Å². The number of benzene rings is 1. The monoisotopic (exact) mass is 1610 g/mol. The highest BCUT2D eigenvalue weighted by Crippen LogP contribution is 2.21. The number of carboxylic acids is 4. The molecule has 1 aromatic heterocycles. The summed E-state index contributed by atoms with van der Waals surface area (Å²) in [6.07, 6.45) is -3.32. The number of aliphatic carboxylic acids is 4. The number of hydrogen-bond donors (Lipinski definition) is 20. The number of nitrogens with zero attached hydrogens (tertiary/aromatic N) is 1. The fraction of sp³-hybridized carbons (Fsp3) is 0.611. The highest BCUT2D eigenvalue weighted by molar-refractivity contribution is 6.02. The van der Waals surface area contributed by atoms with Gasteiger partial charge in [0.05, 0.1) is 38.8 Å². The van der Waals surface area contributed by atoms with Gasteiger partial charge in [0.1, 0.15) is 72.6 Å². The van der Waals surface area contributed by atoms with Crippen LogP contribution in [0.3, 0.4) is 0 Å². The molecule has 1 unspecified atom stereocenters. The van der Waals surface area contributed by atoms with Crippen LogP contribution in [0.4, 0.5) is 0 Å². The SMILES string of the molecule is CCC(C)CCCCCCC(=O)N[C@@H](Cc1c[nH]c2ccccc12)C(=O)N[C@H](CCC(=O)O)C(=O)N[C@@H](CC(N)=O)C(=O)N[C@@H]1C(=O)N(C)CC(=O)N[C@@H](C)C(=O)N[C@@H](CC(=O)O)C(=O)N[C@H](CCCCN)C(=O)N[C@@H](CC(=O)O)C(=O)NCC(=O)N[C@H](CC(N)=O)C(=O)N[C@@H](CCC(=O)O)C(=O)N[C@@H]([C@@H](C)CC)C(=O)O[C@@H]1C. The number of aromatic amines is 1. The molecule has 15 amide bonds. The van der Waals surface area contributed by atoms with Crippen molar-refractivity contribution in [2.24, 2.45) is 29.0 Å². The number of esters is 1. The van der Waals surface area contributed by atoms with Crippen LogP contribution in [0.2, 0.25) is 0 Å². The molecule has 1 aliphatic rings. The predicted molar refractivity (Wildman–Crippen MR) is 401 cm³/mol. The van der Waals surface area contributed by atoms with Gasteiger partial charge in [0.25, 0.3) is 0 Å². The number of primary amides is 2. The molecule has 0 radical (unpaired) electrons. The Bertz CT molecular complexity index is 3780. The average Bonchev–Trinajstić information content (AvgIpc) is 1.70. The number of cyclic esters (lactones) is 1. The lowest BCUT2D eigenvalue weighted by Gasteiger charge is -2.32. The van der Waals surface area contributed by atoms with E-state index in [1.54, 1.807) is 30.5 Å². The Kier molecular flexibility index (Phi) is 41.2. The summed E-state index contributed by atoms with van der Waals surface area (Å²) >= 11 is 0. The molecule has 1 aromatic carbocycles. The van der Waals surface area contributed by atoms with E-state index in [0.717, 1.165) is 46.6 Å². The fourth-order valence-electron chi connectivity index (χ4n) is 11.7. The zero-order valence-corrected chi connectivity index (χ0v) is 64.8. The first-order chi connectivity index (χ1) is 53.7. The van der Waals surface area contributed by atoms with E-state index in [2.05, 4.69) is 77.3 Å². The third kappa shape index (κ3) is 34.4. The molecule has 1 fully saturated rings. The second-order valence-electron chi connectivity index (χ2n) is 28.0. The lowest BCUT2D eigenvalue weighted by Crippen LogP contribution is -2.62. The molecule has 23 N–H and O–H groups in total. The van der Waals surface area contributed by atoms with E-state index in [1.165, 1.54) is 13.8 Å². The van der Waals surface area contributed by atoms with Crippen LogP contribution >= 0.6 is 0 Å². The van der Waals surface area contributed by atoms with E-state index in [0.29, 0.717) is 40.1 Å². The van der Waals surface area contributed by atoms with E-state index in [9.17, 15) is 116 Å². The van der Waals surface area contributed by atoms with Gasteiger partial charge in [-0.05, 0) is 82.4 Å². The Labute approximate surface area is 656 Å². The molecule has 42 heteroatoms. The first kappa shape index (κ1) is 96.3. The molecule has 1 saturated heterocycles. The molecular formula is C72H109N17O25. The molecule has 114 heavy (non-hydrogen) atoms. The van der Waals surface area contributed by atoms with Crippen LogP contribution in [0.1, 0.15) is 169 Å². The largest absolute Gasteiger partial charge is 0.481 e. The maximum absolute atomic E-state index is 14.9. The Hall–Kier alpha value is -11.9. The summed E-state index contributed by atoms with van der Waals surface area (Å²) in [6.45, 7) is 7.01. The minimum atomic E-state index is -2.26. The van der Waals surface area contributed by atoms with Crippen molar-refractivity contribution in [1.82, 2.24) is 73.7 Å². The topological polar surface area (TPSA) is 673 Å². The van der Waals surface area contributed by atoms with Gasteiger partial charge in [0.2, 0.25) is 88.6 Å². The van der Waals surface area contributed by atoms with Crippen molar-refractivity contribution >= 4 is 129 Å². The number of amides is 15. The van der Waals surface area contributed by atoms with Crippen molar-refractivity contribution in [3.8, 4) is 0 Å². The summed E-state index contributed by atoms with van der Waals surface area (Å²) in [5, 5.41) is 66.9. The summed E-state index contributed by atoms with van der Waals surface area (Å²) in [4.78, 5) is 276. The number of carboxylic acid groups (broad SMARTS) is 4. The number of carbonyl (C=O) groups excluding carboxylic acids is 16. The van der Waals surface area contributed by atoms with Crippen LogP contribution in [0.15, 0.2) is 30.5 Å². The molecule has 2 aromatic rings. The number of nitrogens with one attached hydrogen (secondary N) is 13. The number of likely N-dealkylation sites (N-methyl/N-ethyl adjacent to an activating group) is 1. The number of carbonyl (C=O) groups is 20. The van der Waals surface area contributed by atoms with Gasteiger partial charge in [-0.1, -0.05) is 84.4 Å². The van der Waals surface area contributed by atoms with Crippen LogP contribution in [-0.2, 0) is 107 Å². The maximum Gasteiger partial charge on any atom is 0.329 e. The van der Waals surface area contributed by atoms with Gasteiger partial charge in [0.15, 0.2) is 0 Å². The number of H-pyrrole nitrogens is 1. The summed E-state index contributed by atoms with van der Waals surface area (Å²) in [5.41, 5.74) is 17.9. The van der Waals surface area contributed by atoms with Crippen LogP contribution in [0.5, 0.6) is 0 Å². The minimum Gasteiger partial charge on any atom is -0.481 e. The standard InChI is InChI=1S/C72H109N17O25/c1-8-36(3)18-12-10-11-13-22-53(92)79-46(28-40-33-76-42-20-15-14-19-41(40)42)67(108)82-44(23-25-56(95)96)65(106)85-48(30-52(75)91)70(111)88-61-39(6)114-72(113)60(37(4)9-2)87-66(107)45(24-26-57(97)98)83-68(109)47(29-51(74)90)80-54(93)34-77-63(104)49(31-58(99)100)86-64(105)43(21-16-17-27-73)81-69(110)50(32-59(101)102)84-62(103)38(5)78-55(94)35-89(7)71(61)112/h14-15,19-20,33,36-39,43-50,60-61,76H,8-13,16-18,21-32,34-35,73H2,1-7H3,(H2,74,90)(H2,75,91)(H,77,104)(H,78,94)(H,79,92)(H,80,93)(H,81,110)(H,82,108)(H,83,109)(H,84,103)(H,85,106)(H,86,105)(H,87,107)(H,88,111)(H,95,96)(H,97,98)(H,99,100)(H,101,102)/t36?,37-,38-,39+,43+,44+,45-,46-,47+,48-,49-,50-,60-,61-/m0/s1. The summed E-state index contributed by atoms with van der Waals surface area (Å²) < 4.78 is 5.78. The smallest absolute Gasteiger partial charge is 0.329 e. The van der Waals surface area contributed by atoms with Gasteiger partial charge >= 0.3 is 29.8 Å². The van der Waals surface area contributed by atoms with E-state index in [1.807, 2.05) is 5.32 Å². The van der Waals surface area contributed by atoms with Crippen LogP contribution in [0.25, 0.3) is 10.9 Å². The average molecular weight is 1610 g/mol. The van der Waals surface area contributed by atoms with Crippen molar-refractivity contribution < 1.29 is 121 Å². The Morgan fingerprint density at radius 3 is 1.72 bits per heavy atom. The van der Waals surface area contributed by atoms with Crippen molar-refractivity contribution in [2.45, 2.75) is 243 Å². The Morgan fingerprint density at radius 2 is 1.12 bits per heavy atom. The number of rotatable bonds is 37. The van der Waals surface area contributed by atoms with Crippen molar-refractivity contribution in [3.05, 3.63) is 36.0 Å². The number of unbranched alkanes of at least 4 members (excludes halogenated alkanes) is 4. The molecule has 0 aliphatic carbocycles. The van der Waals surface area contributed by atoms with Crippen molar-refractivity contribution in [3.63, 3.8) is 0 Å². The van der Waals surface area contributed by atoms with Gasteiger partial charge in [-0.15, -0.1) is 0 Å². The molecule has 2 heterocycles. The van der Waals surface area contributed by atoms with Crippen molar-refractivity contribution in [2.75, 3.05) is 26.7 Å². The third-order valence-electron chi connectivity index (χ3n) is 18.6. The summed E-state index contributed by atoms with van der Waals surface area (Å²) in [7, 11) is 0.949. The molecule has 1 aliphatic heterocycles. The first-order valence-electron chi connectivity index (χ1n) is 37.4. The van der Waals surface area contributed by atoms with Crippen LogP contribution in [0, 0.1) is 11.8 Å². The van der Waals surface area contributed by atoms with Gasteiger partial charge in [0, 0.05) is 49.8 Å². The predicted octanol–water partition coefficient (Wildman–Crippen LogP) is -4.43.